The van der Waals surface area contributed by atoms with Crippen molar-refractivity contribution in [3.05, 3.63) is 18.7 Å². The van der Waals surface area contributed by atoms with Crippen LogP contribution in [-0.4, -0.2) is 33.0 Å². The van der Waals surface area contributed by atoms with Crippen molar-refractivity contribution in [2.75, 3.05) is 6.54 Å². The minimum atomic E-state index is -1.01. The number of aromatic nitrogens is 2. The number of nitrogens with one attached hydrogen (secondary N) is 1. The van der Waals surface area contributed by atoms with Crippen LogP contribution in [0.5, 0.6) is 0 Å². The monoisotopic (exact) mass is 253 g/mol. The van der Waals surface area contributed by atoms with Gasteiger partial charge in [0.05, 0.1) is 6.33 Å². The van der Waals surface area contributed by atoms with Crippen LogP contribution in [0.15, 0.2) is 23.9 Å². The molecule has 1 rings (SSSR count). The van der Waals surface area contributed by atoms with Crippen LogP contribution < -0.4 is 11.1 Å². The van der Waals surface area contributed by atoms with Crippen LogP contribution in [0.3, 0.4) is 0 Å². The standard InChI is InChI=1S/C11H19N5O2/c1-11(2,9(12)15-18)10(17)14-4-3-6-16-7-5-13-8-16/h5,7-8,18H,3-4,6H2,1-2H3,(H2,12,15)(H,14,17). The molecule has 0 aliphatic rings. The number of amides is 1. The van der Waals surface area contributed by atoms with Gasteiger partial charge in [0.1, 0.15) is 5.41 Å². The van der Waals surface area contributed by atoms with Crippen LogP contribution in [-0.2, 0) is 11.3 Å². The van der Waals surface area contributed by atoms with Crippen molar-refractivity contribution in [3.63, 3.8) is 0 Å². The number of hydrogen-bond donors (Lipinski definition) is 3. The molecule has 0 radical (unpaired) electrons. The highest BCUT2D eigenvalue weighted by atomic mass is 16.4. The molecule has 7 heteroatoms. The molecule has 100 valence electrons. The number of nitrogens with two attached hydrogens (primary N) is 1. The first kappa shape index (κ1) is 14.0. The van der Waals surface area contributed by atoms with Crippen molar-refractivity contribution in [2.45, 2.75) is 26.8 Å². The Hall–Kier alpha value is -2.05. The zero-order valence-corrected chi connectivity index (χ0v) is 10.6. The van der Waals surface area contributed by atoms with E-state index in [-0.39, 0.29) is 11.7 Å². The zero-order valence-electron chi connectivity index (χ0n) is 10.6. The summed E-state index contributed by atoms with van der Waals surface area (Å²) in [5, 5.41) is 14.2. The molecule has 0 bridgehead atoms. The van der Waals surface area contributed by atoms with Gasteiger partial charge >= 0.3 is 0 Å². The molecule has 0 saturated carbocycles. The molecule has 0 atom stereocenters. The molecular formula is C11H19N5O2. The van der Waals surface area contributed by atoms with Gasteiger partial charge in [-0.3, -0.25) is 4.79 Å². The summed E-state index contributed by atoms with van der Waals surface area (Å²) in [6, 6.07) is 0. The third-order valence-electron chi connectivity index (χ3n) is 2.75. The number of oxime groups is 1. The van der Waals surface area contributed by atoms with Gasteiger partial charge in [-0.1, -0.05) is 5.16 Å². The number of carbonyl (C=O) groups excluding carboxylic acids is 1. The lowest BCUT2D eigenvalue weighted by atomic mass is 9.91. The molecule has 0 aromatic carbocycles. The largest absolute Gasteiger partial charge is 0.409 e. The highest BCUT2D eigenvalue weighted by molar-refractivity contribution is 6.05. The second-order valence-electron chi connectivity index (χ2n) is 4.52. The van der Waals surface area contributed by atoms with Gasteiger partial charge in [0.15, 0.2) is 5.84 Å². The fourth-order valence-corrected chi connectivity index (χ4v) is 1.34. The van der Waals surface area contributed by atoms with Crippen molar-refractivity contribution >= 4 is 11.7 Å². The molecule has 1 aromatic heterocycles. The summed E-state index contributed by atoms with van der Waals surface area (Å²) in [6.07, 6.45) is 6.08. The summed E-state index contributed by atoms with van der Waals surface area (Å²) in [5.41, 5.74) is 4.45. The van der Waals surface area contributed by atoms with Crippen molar-refractivity contribution in [3.8, 4) is 0 Å². The van der Waals surface area contributed by atoms with Gasteiger partial charge < -0.3 is 20.8 Å². The van der Waals surface area contributed by atoms with Gasteiger partial charge in [0.25, 0.3) is 0 Å². The van der Waals surface area contributed by atoms with E-state index in [1.807, 2.05) is 10.8 Å². The first-order chi connectivity index (χ1) is 8.48. The predicted molar refractivity (Wildman–Crippen MR) is 67.0 cm³/mol. The number of carbonyl (C=O) groups is 1. The summed E-state index contributed by atoms with van der Waals surface area (Å²) in [7, 11) is 0. The molecule has 0 fully saturated rings. The Morgan fingerprint density at radius 1 is 1.61 bits per heavy atom. The Morgan fingerprint density at radius 2 is 2.33 bits per heavy atom. The Balaban J connectivity index is 2.33. The Labute approximate surface area is 106 Å². The lowest BCUT2D eigenvalue weighted by molar-refractivity contribution is -0.126. The van der Waals surface area contributed by atoms with E-state index in [2.05, 4.69) is 15.5 Å². The van der Waals surface area contributed by atoms with Crippen LogP contribution in [0.25, 0.3) is 0 Å². The summed E-state index contributed by atoms with van der Waals surface area (Å²) in [4.78, 5) is 15.7. The molecule has 0 unspecified atom stereocenters. The number of hydrogen-bond acceptors (Lipinski definition) is 4. The van der Waals surface area contributed by atoms with E-state index in [4.69, 9.17) is 10.9 Å². The van der Waals surface area contributed by atoms with Crippen LogP contribution in [0.4, 0.5) is 0 Å². The average Bonchev–Trinajstić information content (AvgIpc) is 2.86. The Bertz CT molecular complexity index is 411. The van der Waals surface area contributed by atoms with Crippen molar-refractivity contribution < 1.29 is 10.0 Å². The third kappa shape index (κ3) is 3.47. The van der Waals surface area contributed by atoms with Crippen LogP contribution in [0.1, 0.15) is 20.3 Å². The molecule has 0 aliphatic carbocycles. The molecule has 7 nitrogen and oxygen atoms in total. The van der Waals surface area contributed by atoms with Gasteiger partial charge in [0.2, 0.25) is 5.91 Å². The average molecular weight is 253 g/mol. The zero-order chi connectivity index (χ0) is 13.6. The SMILES string of the molecule is CC(C)(C(=O)NCCCn1ccnc1)C(N)=NO. The predicted octanol–water partition coefficient (Wildman–Crippen LogP) is 0.162. The third-order valence-corrected chi connectivity index (χ3v) is 2.75. The smallest absolute Gasteiger partial charge is 0.233 e. The van der Waals surface area contributed by atoms with Gasteiger partial charge in [-0.2, -0.15) is 0 Å². The van der Waals surface area contributed by atoms with Gasteiger partial charge in [-0.15, -0.1) is 0 Å². The molecule has 18 heavy (non-hydrogen) atoms. The highest BCUT2D eigenvalue weighted by Gasteiger charge is 2.32. The second-order valence-corrected chi connectivity index (χ2v) is 4.52. The molecule has 0 aliphatic heterocycles. The fraction of sp³-hybridized carbons (Fsp3) is 0.545. The first-order valence-corrected chi connectivity index (χ1v) is 5.70. The summed E-state index contributed by atoms with van der Waals surface area (Å²) < 4.78 is 1.93. The number of rotatable bonds is 6. The molecule has 0 spiro atoms. The topological polar surface area (TPSA) is 106 Å². The minimum absolute atomic E-state index is 0.102. The first-order valence-electron chi connectivity index (χ1n) is 5.70. The number of amidine groups is 1. The molecule has 0 saturated heterocycles. The number of aryl methyl sites for hydroxylation is 1. The quantitative estimate of drug-likeness (QED) is 0.221. The molecule has 4 N–H and O–H groups in total. The maximum Gasteiger partial charge on any atom is 0.233 e. The lowest BCUT2D eigenvalue weighted by Crippen LogP contribution is -2.46. The number of nitrogens with zero attached hydrogens (tertiary/aromatic N) is 3. The van der Waals surface area contributed by atoms with E-state index in [0.29, 0.717) is 6.54 Å². The molecule has 1 heterocycles. The van der Waals surface area contributed by atoms with E-state index in [1.165, 1.54) is 0 Å². The normalized spacial score (nSPS) is 12.4. The van der Waals surface area contributed by atoms with Crippen molar-refractivity contribution in [2.24, 2.45) is 16.3 Å². The maximum atomic E-state index is 11.8. The van der Waals surface area contributed by atoms with E-state index in [0.717, 1.165) is 13.0 Å². The highest BCUT2D eigenvalue weighted by Crippen LogP contribution is 2.14. The van der Waals surface area contributed by atoms with Crippen LogP contribution in [0.2, 0.25) is 0 Å². The van der Waals surface area contributed by atoms with Crippen molar-refractivity contribution in [1.29, 1.82) is 0 Å². The van der Waals surface area contributed by atoms with E-state index < -0.39 is 5.41 Å². The van der Waals surface area contributed by atoms with Crippen molar-refractivity contribution in [1.82, 2.24) is 14.9 Å². The lowest BCUT2D eigenvalue weighted by Gasteiger charge is -2.21. The van der Waals surface area contributed by atoms with Crippen LogP contribution >= 0.6 is 0 Å². The molecule has 1 aromatic rings. The minimum Gasteiger partial charge on any atom is -0.409 e. The second kappa shape index (κ2) is 6.04. The number of imidazole rings is 1. The van der Waals surface area contributed by atoms with Crippen LogP contribution in [0, 0.1) is 5.41 Å². The fourth-order valence-electron chi connectivity index (χ4n) is 1.34. The van der Waals surface area contributed by atoms with Gasteiger partial charge in [-0.25, -0.2) is 4.98 Å². The molecule has 1 amide bonds. The summed E-state index contributed by atoms with van der Waals surface area (Å²) in [5.74, 6) is -0.363. The Morgan fingerprint density at radius 3 is 2.89 bits per heavy atom. The summed E-state index contributed by atoms with van der Waals surface area (Å²) >= 11 is 0. The van der Waals surface area contributed by atoms with E-state index in [9.17, 15) is 4.79 Å². The van der Waals surface area contributed by atoms with Gasteiger partial charge in [-0.05, 0) is 20.3 Å². The maximum absolute atomic E-state index is 11.8. The van der Waals surface area contributed by atoms with E-state index >= 15 is 0 Å². The summed E-state index contributed by atoms with van der Waals surface area (Å²) in [6.45, 7) is 4.52. The molecular weight excluding hydrogens is 234 g/mol. The van der Waals surface area contributed by atoms with E-state index in [1.54, 1.807) is 26.4 Å². The van der Waals surface area contributed by atoms with Gasteiger partial charge in [0, 0.05) is 25.5 Å². The Kier molecular flexibility index (Phi) is 4.70.